The van der Waals surface area contributed by atoms with Crippen molar-refractivity contribution in [1.29, 1.82) is 0 Å². The van der Waals surface area contributed by atoms with Crippen molar-refractivity contribution in [2.24, 2.45) is 0 Å². The van der Waals surface area contributed by atoms with Crippen LogP contribution in [-0.4, -0.2) is 11.0 Å². The van der Waals surface area contributed by atoms with Crippen LogP contribution >= 0.6 is 47.0 Å². The molecule has 1 heterocycles. The summed E-state index contributed by atoms with van der Waals surface area (Å²) >= 11 is 23.0. The average molecular weight is 494 g/mol. The summed E-state index contributed by atoms with van der Waals surface area (Å²) in [5.41, 5.74) is -0.542. The van der Waals surface area contributed by atoms with Crippen molar-refractivity contribution in [2.75, 3.05) is 5.32 Å². The lowest BCUT2D eigenvalue weighted by Gasteiger charge is -2.13. The number of carbonyl (C=O) groups excluding carboxylic acids is 1. The van der Waals surface area contributed by atoms with Crippen molar-refractivity contribution in [3.63, 3.8) is 0 Å². The summed E-state index contributed by atoms with van der Waals surface area (Å²) in [6.45, 7) is 0. The minimum Gasteiger partial charge on any atom is -0.451 e. The molecule has 3 rings (SSSR count). The van der Waals surface area contributed by atoms with Crippen molar-refractivity contribution >= 4 is 63.7 Å². The molecule has 0 atom stereocenters. The van der Waals surface area contributed by atoms with Crippen molar-refractivity contribution in [3.05, 3.63) is 74.9 Å². The minimum atomic E-state index is -4.56. The van der Waals surface area contributed by atoms with Gasteiger partial charge in [0.15, 0.2) is 10.9 Å². The fourth-order valence-electron chi connectivity index (χ4n) is 2.41. The van der Waals surface area contributed by atoms with Crippen LogP contribution in [0.1, 0.15) is 16.1 Å². The molecule has 0 fully saturated rings. The molecule has 0 aliphatic rings. The van der Waals surface area contributed by atoms with E-state index in [2.05, 4.69) is 10.6 Å². The van der Waals surface area contributed by atoms with Crippen LogP contribution in [-0.2, 0) is 6.18 Å². The molecule has 3 aromatic rings. The lowest BCUT2D eigenvalue weighted by molar-refractivity contribution is -0.137. The van der Waals surface area contributed by atoms with Gasteiger partial charge >= 0.3 is 6.18 Å². The Labute approximate surface area is 188 Å². The van der Waals surface area contributed by atoms with Gasteiger partial charge in [-0.05, 0) is 54.7 Å². The largest absolute Gasteiger partial charge is 0.451 e. The van der Waals surface area contributed by atoms with Crippen LogP contribution < -0.4 is 10.6 Å². The highest BCUT2D eigenvalue weighted by molar-refractivity contribution is 7.80. The van der Waals surface area contributed by atoms with Gasteiger partial charge in [0.2, 0.25) is 0 Å². The summed E-state index contributed by atoms with van der Waals surface area (Å²) in [5.74, 6) is -0.521. The molecule has 2 N–H and O–H groups in total. The molecule has 0 unspecified atom stereocenters. The first-order valence-electron chi connectivity index (χ1n) is 8.09. The van der Waals surface area contributed by atoms with Crippen LogP contribution in [0.3, 0.4) is 0 Å². The van der Waals surface area contributed by atoms with Gasteiger partial charge < -0.3 is 9.73 Å². The SMILES string of the molecule is O=C(NC(=S)Nc1cc(C(F)(F)F)ccc1Cl)c1ccc(-c2cccc(Cl)c2Cl)o1. The smallest absolute Gasteiger partial charge is 0.416 e. The van der Waals surface area contributed by atoms with E-state index in [1.165, 1.54) is 12.1 Å². The van der Waals surface area contributed by atoms with E-state index >= 15 is 0 Å². The third-order valence-corrected chi connectivity index (χ3v) is 5.17. The van der Waals surface area contributed by atoms with Crippen molar-refractivity contribution in [1.82, 2.24) is 5.32 Å². The standard InChI is InChI=1S/C19H10Cl3F3N2O2S/c20-11-5-4-9(19(23,24)25)8-13(11)26-18(30)27-17(28)15-7-6-14(29-15)10-2-1-3-12(21)16(10)22/h1-8H,(H2,26,27,28,30). The van der Waals surface area contributed by atoms with Gasteiger partial charge in [-0.2, -0.15) is 13.2 Å². The summed E-state index contributed by atoms with van der Waals surface area (Å²) in [5, 5.41) is 5.09. The first-order chi connectivity index (χ1) is 14.1. The Kier molecular flexibility index (Phi) is 6.62. The number of benzene rings is 2. The summed E-state index contributed by atoms with van der Waals surface area (Å²) in [6.07, 6.45) is -4.56. The lowest BCUT2D eigenvalue weighted by Crippen LogP contribution is -2.34. The molecule has 0 aliphatic heterocycles. The van der Waals surface area contributed by atoms with Crippen LogP contribution in [0, 0.1) is 0 Å². The number of halogens is 6. The molecule has 1 amide bonds. The number of alkyl halides is 3. The van der Waals surface area contributed by atoms with Crippen LogP contribution in [0.2, 0.25) is 15.1 Å². The predicted octanol–water partition coefficient (Wildman–Crippen LogP) is 7.05. The Balaban J connectivity index is 1.72. The van der Waals surface area contributed by atoms with E-state index in [-0.39, 0.29) is 26.6 Å². The normalized spacial score (nSPS) is 11.3. The van der Waals surface area contributed by atoms with Crippen LogP contribution in [0.25, 0.3) is 11.3 Å². The van der Waals surface area contributed by atoms with Crippen molar-refractivity contribution in [3.8, 4) is 11.3 Å². The summed E-state index contributed by atoms with van der Waals surface area (Å²) in [6, 6.07) is 10.5. The summed E-state index contributed by atoms with van der Waals surface area (Å²) < 4.78 is 44.1. The molecule has 0 saturated heterocycles. The highest BCUT2D eigenvalue weighted by atomic mass is 35.5. The zero-order valence-corrected chi connectivity index (χ0v) is 17.7. The zero-order chi connectivity index (χ0) is 22.1. The van der Waals surface area contributed by atoms with Crippen LogP contribution in [0.4, 0.5) is 18.9 Å². The zero-order valence-electron chi connectivity index (χ0n) is 14.6. The van der Waals surface area contributed by atoms with E-state index in [1.807, 2.05) is 0 Å². The molecule has 156 valence electrons. The second-order valence-electron chi connectivity index (χ2n) is 5.87. The Morgan fingerprint density at radius 3 is 2.43 bits per heavy atom. The van der Waals surface area contributed by atoms with Crippen LogP contribution in [0.15, 0.2) is 52.9 Å². The fraction of sp³-hybridized carbons (Fsp3) is 0.0526. The molecule has 2 aromatic carbocycles. The van der Waals surface area contributed by atoms with Gasteiger partial charge in [-0.1, -0.05) is 40.9 Å². The van der Waals surface area contributed by atoms with E-state index in [9.17, 15) is 18.0 Å². The van der Waals surface area contributed by atoms with E-state index < -0.39 is 17.6 Å². The topological polar surface area (TPSA) is 54.3 Å². The Hall–Kier alpha value is -2.26. The molecule has 0 radical (unpaired) electrons. The van der Waals surface area contributed by atoms with Gasteiger partial charge in [0.25, 0.3) is 5.91 Å². The van der Waals surface area contributed by atoms with E-state index in [4.69, 9.17) is 51.4 Å². The van der Waals surface area contributed by atoms with E-state index in [1.54, 1.807) is 18.2 Å². The summed E-state index contributed by atoms with van der Waals surface area (Å²) in [7, 11) is 0. The average Bonchev–Trinajstić information content (AvgIpc) is 3.15. The molecule has 0 aliphatic carbocycles. The lowest BCUT2D eigenvalue weighted by atomic mass is 10.2. The maximum atomic E-state index is 12.9. The van der Waals surface area contributed by atoms with Gasteiger partial charge in [-0.15, -0.1) is 0 Å². The molecule has 1 aromatic heterocycles. The highest BCUT2D eigenvalue weighted by Crippen LogP contribution is 2.35. The second-order valence-corrected chi connectivity index (χ2v) is 7.47. The number of hydrogen-bond donors (Lipinski definition) is 2. The second kappa shape index (κ2) is 8.85. The molecule has 11 heteroatoms. The number of nitrogens with one attached hydrogen (secondary N) is 2. The summed E-state index contributed by atoms with van der Waals surface area (Å²) in [4.78, 5) is 12.3. The van der Waals surface area contributed by atoms with Gasteiger partial charge in [-0.3, -0.25) is 10.1 Å². The monoisotopic (exact) mass is 492 g/mol. The van der Waals surface area contributed by atoms with Crippen molar-refractivity contribution < 1.29 is 22.4 Å². The van der Waals surface area contributed by atoms with Gasteiger partial charge in [0.05, 0.1) is 26.3 Å². The maximum Gasteiger partial charge on any atom is 0.416 e. The van der Waals surface area contributed by atoms with Crippen molar-refractivity contribution in [2.45, 2.75) is 6.18 Å². The van der Waals surface area contributed by atoms with E-state index in [0.717, 1.165) is 18.2 Å². The quantitative estimate of drug-likeness (QED) is 0.384. The molecule has 4 nitrogen and oxygen atoms in total. The van der Waals surface area contributed by atoms with Crippen LogP contribution in [0.5, 0.6) is 0 Å². The number of hydrogen-bond acceptors (Lipinski definition) is 3. The first kappa shape index (κ1) is 22.4. The number of carbonyl (C=O) groups is 1. The van der Waals surface area contributed by atoms with Gasteiger partial charge in [-0.25, -0.2) is 0 Å². The van der Waals surface area contributed by atoms with Gasteiger partial charge in [0.1, 0.15) is 5.76 Å². The molecular weight excluding hydrogens is 484 g/mol. The molecule has 0 spiro atoms. The molecule has 0 bridgehead atoms. The molecule has 30 heavy (non-hydrogen) atoms. The highest BCUT2D eigenvalue weighted by Gasteiger charge is 2.31. The Bertz CT molecular complexity index is 1130. The number of amides is 1. The Morgan fingerprint density at radius 1 is 1.00 bits per heavy atom. The number of anilines is 1. The third kappa shape index (κ3) is 5.07. The van der Waals surface area contributed by atoms with E-state index in [0.29, 0.717) is 16.3 Å². The first-order valence-corrected chi connectivity index (χ1v) is 9.64. The number of thiocarbonyl (C=S) groups is 1. The maximum absolute atomic E-state index is 12.9. The minimum absolute atomic E-state index is 0.00418. The third-order valence-electron chi connectivity index (χ3n) is 3.82. The molecule has 0 saturated carbocycles. The molecular formula is C19H10Cl3F3N2O2S. The Morgan fingerprint density at radius 2 is 1.73 bits per heavy atom. The number of rotatable bonds is 3. The van der Waals surface area contributed by atoms with Gasteiger partial charge in [0, 0.05) is 5.56 Å². The number of furan rings is 1. The fourth-order valence-corrected chi connectivity index (χ4v) is 3.18. The predicted molar refractivity (Wildman–Crippen MR) is 114 cm³/mol.